The standard InChI is InChI=1S/C24H32N6O/c1-4-5-12-30-24(25-26-27-30)23(20-9-7-10-21(31)17-20)29-15-13-28(14-16-29)22-11-6-8-18(2)19(22)3/h6-11,17,23,31H,4-5,12-16H2,1-3H3. The van der Waals surface area contributed by atoms with E-state index in [0.29, 0.717) is 0 Å². The molecule has 2 heterocycles. The summed E-state index contributed by atoms with van der Waals surface area (Å²) >= 11 is 0. The Balaban J connectivity index is 1.60. The van der Waals surface area contributed by atoms with Gasteiger partial charge in [-0.3, -0.25) is 4.90 Å². The van der Waals surface area contributed by atoms with Gasteiger partial charge in [-0.1, -0.05) is 37.6 Å². The van der Waals surface area contributed by atoms with Crippen LogP contribution < -0.4 is 4.90 Å². The first-order chi connectivity index (χ1) is 15.1. The van der Waals surface area contributed by atoms with Gasteiger partial charge in [0, 0.05) is 38.4 Å². The zero-order valence-corrected chi connectivity index (χ0v) is 18.7. The van der Waals surface area contributed by atoms with Crippen molar-refractivity contribution in [1.82, 2.24) is 25.1 Å². The number of unbranched alkanes of at least 4 members (excludes halogenated alkanes) is 1. The number of rotatable bonds is 7. The van der Waals surface area contributed by atoms with Crippen LogP contribution in [0.3, 0.4) is 0 Å². The van der Waals surface area contributed by atoms with Crippen LogP contribution in [0.4, 0.5) is 5.69 Å². The molecular formula is C24H32N6O. The molecule has 1 saturated heterocycles. The van der Waals surface area contributed by atoms with E-state index in [1.807, 2.05) is 16.8 Å². The van der Waals surface area contributed by atoms with Crippen molar-refractivity contribution >= 4 is 5.69 Å². The number of nitrogens with zero attached hydrogens (tertiary/aromatic N) is 6. The Bertz CT molecular complexity index is 1010. The summed E-state index contributed by atoms with van der Waals surface area (Å²) in [5, 5.41) is 22.8. The second kappa shape index (κ2) is 9.47. The second-order valence-corrected chi connectivity index (χ2v) is 8.35. The highest BCUT2D eigenvalue weighted by atomic mass is 16.3. The van der Waals surface area contributed by atoms with E-state index >= 15 is 0 Å². The number of phenols is 1. The maximum atomic E-state index is 10.1. The average molecular weight is 421 g/mol. The van der Waals surface area contributed by atoms with Gasteiger partial charge in [0.2, 0.25) is 0 Å². The lowest BCUT2D eigenvalue weighted by Gasteiger charge is -2.40. The van der Waals surface area contributed by atoms with Gasteiger partial charge in [-0.25, -0.2) is 4.68 Å². The molecule has 1 aromatic heterocycles. The minimum Gasteiger partial charge on any atom is -0.508 e. The third kappa shape index (κ3) is 4.56. The molecule has 1 fully saturated rings. The molecular weight excluding hydrogens is 388 g/mol. The summed E-state index contributed by atoms with van der Waals surface area (Å²) < 4.78 is 1.93. The first-order valence-electron chi connectivity index (χ1n) is 11.2. The van der Waals surface area contributed by atoms with Crippen molar-refractivity contribution in [1.29, 1.82) is 0 Å². The number of piperazine rings is 1. The fraction of sp³-hybridized carbons (Fsp3) is 0.458. The zero-order chi connectivity index (χ0) is 21.8. The predicted molar refractivity (Wildman–Crippen MR) is 122 cm³/mol. The van der Waals surface area contributed by atoms with Gasteiger partial charge < -0.3 is 10.0 Å². The highest BCUT2D eigenvalue weighted by Crippen LogP contribution is 2.31. The van der Waals surface area contributed by atoms with Gasteiger partial charge in [-0.15, -0.1) is 5.10 Å². The van der Waals surface area contributed by atoms with E-state index in [-0.39, 0.29) is 11.8 Å². The fourth-order valence-electron chi connectivity index (χ4n) is 4.39. The van der Waals surface area contributed by atoms with Gasteiger partial charge in [-0.2, -0.15) is 0 Å². The molecule has 1 unspecified atom stereocenters. The van der Waals surface area contributed by atoms with Crippen molar-refractivity contribution in [3.8, 4) is 5.75 Å². The van der Waals surface area contributed by atoms with Crippen LogP contribution in [0.1, 0.15) is 48.3 Å². The quantitative estimate of drug-likeness (QED) is 0.628. The van der Waals surface area contributed by atoms with Crippen LogP contribution in [0.25, 0.3) is 0 Å². The Kier molecular flexibility index (Phi) is 6.51. The Labute approximate surface area is 184 Å². The highest BCUT2D eigenvalue weighted by molar-refractivity contribution is 5.56. The molecule has 1 atom stereocenters. The maximum Gasteiger partial charge on any atom is 0.173 e. The number of aryl methyl sites for hydroxylation is 2. The number of anilines is 1. The molecule has 164 valence electrons. The van der Waals surface area contributed by atoms with Crippen molar-refractivity contribution in [2.75, 3.05) is 31.1 Å². The second-order valence-electron chi connectivity index (χ2n) is 8.35. The van der Waals surface area contributed by atoms with Crippen LogP contribution in [0.15, 0.2) is 42.5 Å². The Morgan fingerprint density at radius 1 is 1.03 bits per heavy atom. The van der Waals surface area contributed by atoms with Gasteiger partial charge in [0.05, 0.1) is 6.04 Å². The molecule has 31 heavy (non-hydrogen) atoms. The highest BCUT2D eigenvalue weighted by Gasteiger charge is 2.31. The summed E-state index contributed by atoms with van der Waals surface area (Å²) in [5.74, 6) is 1.11. The largest absolute Gasteiger partial charge is 0.508 e. The molecule has 0 saturated carbocycles. The number of benzene rings is 2. The number of aromatic hydroxyl groups is 1. The number of tetrazole rings is 1. The molecule has 0 amide bonds. The van der Waals surface area contributed by atoms with E-state index in [1.165, 1.54) is 16.8 Å². The topological polar surface area (TPSA) is 70.3 Å². The van der Waals surface area contributed by atoms with Gasteiger partial charge in [0.1, 0.15) is 5.75 Å². The summed E-state index contributed by atoms with van der Waals surface area (Å²) in [5.41, 5.74) is 5.02. The van der Waals surface area contributed by atoms with Crippen molar-refractivity contribution in [2.24, 2.45) is 0 Å². The molecule has 1 aliphatic rings. The Hall–Kier alpha value is -2.93. The minimum atomic E-state index is -0.0836. The Morgan fingerprint density at radius 3 is 2.55 bits per heavy atom. The summed E-state index contributed by atoms with van der Waals surface area (Å²) in [6, 6.07) is 13.9. The lowest BCUT2D eigenvalue weighted by Crippen LogP contribution is -2.48. The molecule has 0 bridgehead atoms. The van der Waals surface area contributed by atoms with Gasteiger partial charge >= 0.3 is 0 Å². The van der Waals surface area contributed by atoms with Gasteiger partial charge in [0.15, 0.2) is 5.82 Å². The number of phenolic OH excluding ortho intramolecular Hbond substituents is 1. The van der Waals surface area contributed by atoms with E-state index in [4.69, 9.17) is 0 Å². The molecule has 3 aromatic rings. The molecule has 0 aliphatic carbocycles. The minimum absolute atomic E-state index is 0.0836. The average Bonchev–Trinajstić information content (AvgIpc) is 3.23. The first-order valence-corrected chi connectivity index (χ1v) is 11.2. The molecule has 4 rings (SSSR count). The number of aromatic nitrogens is 4. The lowest BCUT2D eigenvalue weighted by atomic mass is 10.0. The van der Waals surface area contributed by atoms with Crippen LogP contribution in [0.5, 0.6) is 5.75 Å². The van der Waals surface area contributed by atoms with E-state index in [0.717, 1.165) is 57.0 Å². The Morgan fingerprint density at radius 2 is 1.81 bits per heavy atom. The molecule has 2 aromatic carbocycles. The molecule has 1 N–H and O–H groups in total. The predicted octanol–water partition coefficient (Wildman–Crippen LogP) is 3.71. The maximum absolute atomic E-state index is 10.1. The van der Waals surface area contributed by atoms with Crippen molar-refractivity contribution < 1.29 is 5.11 Å². The normalized spacial score (nSPS) is 15.9. The summed E-state index contributed by atoms with van der Waals surface area (Å²) in [7, 11) is 0. The van der Waals surface area contributed by atoms with E-state index in [2.05, 4.69) is 70.4 Å². The van der Waals surface area contributed by atoms with Crippen LogP contribution in [0.2, 0.25) is 0 Å². The SMILES string of the molecule is CCCCn1nnnc1C(c1cccc(O)c1)N1CCN(c2cccc(C)c2C)CC1. The molecule has 7 nitrogen and oxygen atoms in total. The van der Waals surface area contributed by atoms with Crippen LogP contribution >= 0.6 is 0 Å². The lowest BCUT2D eigenvalue weighted by molar-refractivity contribution is 0.200. The monoisotopic (exact) mass is 420 g/mol. The van der Waals surface area contributed by atoms with Gasteiger partial charge in [0.25, 0.3) is 0 Å². The van der Waals surface area contributed by atoms with Crippen molar-refractivity contribution in [2.45, 2.75) is 46.2 Å². The van der Waals surface area contributed by atoms with Crippen molar-refractivity contribution in [3.63, 3.8) is 0 Å². The molecule has 0 radical (unpaired) electrons. The van der Waals surface area contributed by atoms with E-state index in [9.17, 15) is 5.11 Å². The van der Waals surface area contributed by atoms with E-state index in [1.54, 1.807) is 6.07 Å². The zero-order valence-electron chi connectivity index (χ0n) is 18.7. The third-order valence-electron chi connectivity index (χ3n) is 6.31. The molecule has 7 heteroatoms. The number of hydrogen-bond acceptors (Lipinski definition) is 6. The third-order valence-corrected chi connectivity index (χ3v) is 6.31. The van der Waals surface area contributed by atoms with Crippen LogP contribution in [-0.4, -0.2) is 56.4 Å². The van der Waals surface area contributed by atoms with Crippen LogP contribution in [-0.2, 0) is 6.54 Å². The van der Waals surface area contributed by atoms with Crippen molar-refractivity contribution in [3.05, 3.63) is 65.0 Å². The molecule has 0 spiro atoms. The summed E-state index contributed by atoms with van der Waals surface area (Å²) in [4.78, 5) is 4.91. The summed E-state index contributed by atoms with van der Waals surface area (Å²) in [6.45, 7) is 11.0. The fourth-order valence-corrected chi connectivity index (χ4v) is 4.39. The number of hydrogen-bond donors (Lipinski definition) is 1. The van der Waals surface area contributed by atoms with Crippen LogP contribution in [0, 0.1) is 13.8 Å². The smallest absolute Gasteiger partial charge is 0.173 e. The summed E-state index contributed by atoms with van der Waals surface area (Å²) in [6.07, 6.45) is 2.12. The van der Waals surface area contributed by atoms with E-state index < -0.39 is 0 Å². The van der Waals surface area contributed by atoms with Gasteiger partial charge in [-0.05, 0) is 65.6 Å². The first kappa shape index (κ1) is 21.3. The molecule has 1 aliphatic heterocycles.